The van der Waals surface area contributed by atoms with Gasteiger partial charge in [0.25, 0.3) is 5.91 Å². The van der Waals surface area contributed by atoms with E-state index in [4.69, 9.17) is 0 Å². The third-order valence-electron chi connectivity index (χ3n) is 4.11. The molecule has 2 aromatic rings. The molecule has 1 saturated carbocycles. The van der Waals surface area contributed by atoms with Gasteiger partial charge in [-0.2, -0.15) is 0 Å². The average Bonchev–Trinajstić information content (AvgIpc) is 3.44. The second-order valence-electron chi connectivity index (χ2n) is 5.77. The highest BCUT2D eigenvalue weighted by atomic mass is 16.5. The summed E-state index contributed by atoms with van der Waals surface area (Å²) < 4.78 is 4.66. The Bertz CT molecular complexity index is 690. The summed E-state index contributed by atoms with van der Waals surface area (Å²) in [5.74, 6) is -0.0186. The van der Waals surface area contributed by atoms with E-state index in [0.717, 1.165) is 18.4 Å². The number of nitrogens with one attached hydrogen (secondary N) is 1. The van der Waals surface area contributed by atoms with Gasteiger partial charge in [0.1, 0.15) is 0 Å². The molecular formula is C19H19NO3. The topological polar surface area (TPSA) is 55.4 Å². The van der Waals surface area contributed by atoms with Crippen molar-refractivity contribution in [2.75, 3.05) is 7.11 Å². The summed E-state index contributed by atoms with van der Waals surface area (Å²) in [4.78, 5) is 23.9. The van der Waals surface area contributed by atoms with Crippen molar-refractivity contribution < 1.29 is 14.3 Å². The number of methoxy groups -OCH3 is 1. The lowest BCUT2D eigenvalue weighted by molar-refractivity contribution is 0.0600. The van der Waals surface area contributed by atoms with E-state index in [1.165, 1.54) is 7.11 Å². The maximum Gasteiger partial charge on any atom is 0.337 e. The Hall–Kier alpha value is -2.62. The minimum atomic E-state index is -0.405. The summed E-state index contributed by atoms with van der Waals surface area (Å²) in [5, 5.41) is 3.12. The number of hydrogen-bond acceptors (Lipinski definition) is 3. The van der Waals surface area contributed by atoms with E-state index in [9.17, 15) is 9.59 Å². The molecule has 1 aliphatic carbocycles. The quantitative estimate of drug-likeness (QED) is 0.862. The van der Waals surface area contributed by atoms with Crippen molar-refractivity contribution in [1.82, 2.24) is 5.32 Å². The number of rotatable bonds is 5. The average molecular weight is 309 g/mol. The molecule has 1 atom stereocenters. The van der Waals surface area contributed by atoms with E-state index in [1.807, 2.05) is 30.3 Å². The second kappa shape index (κ2) is 6.65. The Morgan fingerprint density at radius 1 is 1.00 bits per heavy atom. The van der Waals surface area contributed by atoms with Gasteiger partial charge in [-0.3, -0.25) is 4.79 Å². The highest BCUT2D eigenvalue weighted by molar-refractivity contribution is 5.96. The van der Waals surface area contributed by atoms with Crippen LogP contribution in [0, 0.1) is 5.92 Å². The maximum absolute atomic E-state index is 12.5. The van der Waals surface area contributed by atoms with E-state index in [-0.39, 0.29) is 11.9 Å². The normalized spacial score (nSPS) is 14.8. The zero-order chi connectivity index (χ0) is 16.2. The van der Waals surface area contributed by atoms with E-state index in [1.54, 1.807) is 24.3 Å². The van der Waals surface area contributed by atoms with Crippen LogP contribution < -0.4 is 5.32 Å². The number of amides is 1. The Balaban J connectivity index is 1.73. The Morgan fingerprint density at radius 2 is 1.61 bits per heavy atom. The van der Waals surface area contributed by atoms with Crippen molar-refractivity contribution in [3.8, 4) is 0 Å². The monoisotopic (exact) mass is 309 g/mol. The first-order chi connectivity index (χ1) is 11.2. The summed E-state index contributed by atoms with van der Waals surface area (Å²) >= 11 is 0. The zero-order valence-corrected chi connectivity index (χ0v) is 13.0. The number of esters is 1. The molecule has 3 rings (SSSR count). The van der Waals surface area contributed by atoms with Crippen LogP contribution in [0.15, 0.2) is 54.6 Å². The van der Waals surface area contributed by atoms with E-state index >= 15 is 0 Å². The molecule has 1 fully saturated rings. The standard InChI is InChI=1S/C19H19NO3/c1-23-19(22)16-11-9-15(10-12-16)18(21)20-17(14-7-8-14)13-5-3-2-4-6-13/h2-6,9-12,14,17H,7-8H2,1H3,(H,20,21). The molecule has 1 amide bonds. The summed E-state index contributed by atoms with van der Waals surface area (Å²) in [6.45, 7) is 0. The zero-order valence-electron chi connectivity index (χ0n) is 13.0. The second-order valence-corrected chi connectivity index (χ2v) is 5.77. The van der Waals surface area contributed by atoms with Crippen LogP contribution in [0.25, 0.3) is 0 Å². The van der Waals surface area contributed by atoms with E-state index < -0.39 is 5.97 Å². The van der Waals surface area contributed by atoms with Crippen LogP contribution in [-0.4, -0.2) is 19.0 Å². The number of benzene rings is 2. The number of ether oxygens (including phenoxy) is 1. The summed E-state index contributed by atoms with van der Waals surface area (Å²) in [6, 6.07) is 16.6. The number of hydrogen-bond donors (Lipinski definition) is 1. The van der Waals surface area contributed by atoms with Gasteiger partial charge < -0.3 is 10.1 Å². The molecule has 0 heterocycles. The highest BCUT2D eigenvalue weighted by Crippen LogP contribution is 2.41. The molecule has 118 valence electrons. The molecule has 0 radical (unpaired) electrons. The fraction of sp³-hybridized carbons (Fsp3) is 0.263. The van der Waals surface area contributed by atoms with Gasteiger partial charge >= 0.3 is 5.97 Å². The first-order valence-electron chi connectivity index (χ1n) is 7.73. The molecule has 1 N–H and O–H groups in total. The van der Waals surface area contributed by atoms with Crippen molar-refractivity contribution in [2.45, 2.75) is 18.9 Å². The summed E-state index contributed by atoms with van der Waals surface area (Å²) in [7, 11) is 1.34. The van der Waals surface area contributed by atoms with E-state index in [2.05, 4.69) is 10.1 Å². The number of carbonyl (C=O) groups excluding carboxylic acids is 2. The van der Waals surface area contributed by atoms with E-state index in [0.29, 0.717) is 17.0 Å². The predicted molar refractivity (Wildman–Crippen MR) is 87.2 cm³/mol. The van der Waals surface area contributed by atoms with Gasteiger partial charge in [0.15, 0.2) is 0 Å². The van der Waals surface area contributed by atoms with Crippen molar-refractivity contribution in [2.24, 2.45) is 5.92 Å². The van der Waals surface area contributed by atoms with Crippen molar-refractivity contribution >= 4 is 11.9 Å². The van der Waals surface area contributed by atoms with Crippen LogP contribution in [0.2, 0.25) is 0 Å². The highest BCUT2D eigenvalue weighted by Gasteiger charge is 2.33. The van der Waals surface area contributed by atoms with Gasteiger partial charge in [-0.25, -0.2) is 4.79 Å². The van der Waals surface area contributed by atoms with Gasteiger partial charge in [0, 0.05) is 5.56 Å². The molecule has 0 spiro atoms. The van der Waals surface area contributed by atoms with Crippen LogP contribution in [0.5, 0.6) is 0 Å². The molecule has 2 aromatic carbocycles. The van der Waals surface area contributed by atoms with Crippen LogP contribution >= 0.6 is 0 Å². The molecule has 0 aromatic heterocycles. The molecule has 4 nitrogen and oxygen atoms in total. The number of carbonyl (C=O) groups is 2. The molecule has 1 aliphatic rings. The lowest BCUT2D eigenvalue weighted by Gasteiger charge is -2.19. The van der Waals surface area contributed by atoms with Crippen molar-refractivity contribution in [1.29, 1.82) is 0 Å². The SMILES string of the molecule is COC(=O)c1ccc(C(=O)NC(c2ccccc2)C2CC2)cc1. The van der Waals surface area contributed by atoms with Crippen LogP contribution in [-0.2, 0) is 4.74 Å². The summed E-state index contributed by atoms with van der Waals surface area (Å²) in [5.41, 5.74) is 2.11. The largest absolute Gasteiger partial charge is 0.465 e. The van der Waals surface area contributed by atoms with Crippen LogP contribution in [0.3, 0.4) is 0 Å². The van der Waals surface area contributed by atoms with Crippen molar-refractivity contribution in [3.05, 3.63) is 71.3 Å². The van der Waals surface area contributed by atoms with Crippen LogP contribution in [0.4, 0.5) is 0 Å². The lowest BCUT2D eigenvalue weighted by Crippen LogP contribution is -2.29. The summed E-state index contributed by atoms with van der Waals surface area (Å²) in [6.07, 6.45) is 2.28. The Kier molecular flexibility index (Phi) is 4.42. The Labute approximate surface area is 135 Å². The van der Waals surface area contributed by atoms with Gasteiger partial charge in [-0.15, -0.1) is 0 Å². The molecule has 0 bridgehead atoms. The molecule has 4 heteroatoms. The van der Waals surface area contributed by atoms with Crippen LogP contribution in [0.1, 0.15) is 45.2 Å². The van der Waals surface area contributed by atoms with Gasteiger partial charge in [0.2, 0.25) is 0 Å². The Morgan fingerprint density at radius 3 is 2.17 bits per heavy atom. The fourth-order valence-corrected chi connectivity index (χ4v) is 2.66. The fourth-order valence-electron chi connectivity index (χ4n) is 2.66. The van der Waals surface area contributed by atoms with Crippen molar-refractivity contribution in [3.63, 3.8) is 0 Å². The predicted octanol–water partition coefficient (Wildman–Crippen LogP) is 3.35. The molecule has 0 aliphatic heterocycles. The lowest BCUT2D eigenvalue weighted by atomic mass is 10.0. The smallest absolute Gasteiger partial charge is 0.337 e. The molecule has 23 heavy (non-hydrogen) atoms. The van der Waals surface area contributed by atoms with Gasteiger partial charge in [-0.1, -0.05) is 30.3 Å². The molecular weight excluding hydrogens is 290 g/mol. The minimum absolute atomic E-state index is 0.0454. The van der Waals surface area contributed by atoms with Gasteiger partial charge in [0.05, 0.1) is 18.7 Å². The molecule has 1 unspecified atom stereocenters. The first kappa shape index (κ1) is 15.3. The van der Waals surface area contributed by atoms with Gasteiger partial charge in [-0.05, 0) is 48.6 Å². The maximum atomic E-state index is 12.5. The third kappa shape index (κ3) is 3.59. The first-order valence-corrected chi connectivity index (χ1v) is 7.73. The minimum Gasteiger partial charge on any atom is -0.465 e. The third-order valence-corrected chi connectivity index (χ3v) is 4.11. The molecule has 0 saturated heterocycles.